The number of nitrogens with one attached hydrogen (secondary N) is 1. The van der Waals surface area contributed by atoms with Gasteiger partial charge in [-0.1, -0.05) is 0 Å². The summed E-state index contributed by atoms with van der Waals surface area (Å²) in [5.74, 6) is -0.137. The average Bonchev–Trinajstić information content (AvgIpc) is 3.19. The Morgan fingerprint density at radius 2 is 2.14 bits per heavy atom. The Balaban J connectivity index is 1.64. The Kier molecular flexibility index (Phi) is 3.83. The molecule has 6 nitrogen and oxygen atoms in total. The SMILES string of the molecule is Cc1sc(-n2cccc2)nc1C(=O)NCCn1ccnc1. The van der Waals surface area contributed by atoms with E-state index in [1.807, 2.05) is 46.8 Å². The van der Waals surface area contributed by atoms with E-state index in [2.05, 4.69) is 15.3 Å². The van der Waals surface area contributed by atoms with Crippen molar-refractivity contribution >= 4 is 17.2 Å². The predicted octanol–water partition coefficient (Wildman–Crippen LogP) is 1.87. The van der Waals surface area contributed by atoms with Crippen LogP contribution in [-0.4, -0.2) is 31.6 Å². The van der Waals surface area contributed by atoms with Gasteiger partial charge in [0.1, 0.15) is 5.69 Å². The molecule has 1 N–H and O–H groups in total. The molecule has 0 saturated carbocycles. The van der Waals surface area contributed by atoms with Crippen LogP contribution in [0.3, 0.4) is 0 Å². The second kappa shape index (κ2) is 5.92. The fourth-order valence-electron chi connectivity index (χ4n) is 1.97. The molecule has 3 aromatic heterocycles. The molecule has 0 radical (unpaired) electrons. The van der Waals surface area contributed by atoms with Gasteiger partial charge in [0, 0.05) is 42.8 Å². The first-order chi connectivity index (χ1) is 10.2. The molecule has 0 bridgehead atoms. The maximum absolute atomic E-state index is 12.2. The second-order valence-electron chi connectivity index (χ2n) is 4.55. The van der Waals surface area contributed by atoms with Gasteiger partial charge in [-0.3, -0.25) is 4.79 Å². The van der Waals surface area contributed by atoms with E-state index in [0.717, 1.165) is 10.0 Å². The molecule has 3 aromatic rings. The Hall–Kier alpha value is -2.41. The van der Waals surface area contributed by atoms with Crippen LogP contribution < -0.4 is 5.32 Å². The third kappa shape index (κ3) is 3.03. The minimum absolute atomic E-state index is 0.137. The highest BCUT2D eigenvalue weighted by atomic mass is 32.1. The quantitative estimate of drug-likeness (QED) is 0.782. The summed E-state index contributed by atoms with van der Waals surface area (Å²) in [7, 11) is 0. The van der Waals surface area contributed by atoms with Gasteiger partial charge in [-0.15, -0.1) is 11.3 Å². The number of aromatic nitrogens is 4. The normalized spacial score (nSPS) is 10.7. The summed E-state index contributed by atoms with van der Waals surface area (Å²) >= 11 is 1.51. The molecule has 0 aromatic carbocycles. The standard InChI is InChI=1S/C14H15N5OS/c1-11-12(17-14(21-11)19-6-2-3-7-19)13(20)16-5-9-18-8-4-15-10-18/h2-4,6-8,10H,5,9H2,1H3,(H,16,20). The van der Waals surface area contributed by atoms with Gasteiger partial charge in [0.2, 0.25) is 0 Å². The largest absolute Gasteiger partial charge is 0.349 e. The lowest BCUT2D eigenvalue weighted by Gasteiger charge is -2.04. The van der Waals surface area contributed by atoms with E-state index in [4.69, 9.17) is 0 Å². The summed E-state index contributed by atoms with van der Waals surface area (Å²) < 4.78 is 3.82. The van der Waals surface area contributed by atoms with Crippen LogP contribution in [0.4, 0.5) is 0 Å². The van der Waals surface area contributed by atoms with Gasteiger partial charge in [-0.25, -0.2) is 9.97 Å². The van der Waals surface area contributed by atoms with E-state index >= 15 is 0 Å². The summed E-state index contributed by atoms with van der Waals surface area (Å²) in [4.78, 5) is 21.5. The van der Waals surface area contributed by atoms with Crippen LogP contribution in [0, 0.1) is 6.92 Å². The summed E-state index contributed by atoms with van der Waals surface area (Å²) in [6, 6.07) is 3.86. The molecule has 0 aliphatic rings. The van der Waals surface area contributed by atoms with Gasteiger partial charge in [-0.05, 0) is 19.1 Å². The molecule has 0 aliphatic carbocycles. The van der Waals surface area contributed by atoms with Gasteiger partial charge >= 0.3 is 0 Å². The highest BCUT2D eigenvalue weighted by Crippen LogP contribution is 2.21. The zero-order chi connectivity index (χ0) is 14.7. The van der Waals surface area contributed by atoms with Gasteiger partial charge in [0.25, 0.3) is 5.91 Å². The summed E-state index contributed by atoms with van der Waals surface area (Å²) in [5, 5.41) is 3.69. The van der Waals surface area contributed by atoms with Crippen LogP contribution in [0.5, 0.6) is 0 Å². The van der Waals surface area contributed by atoms with Crippen molar-refractivity contribution < 1.29 is 4.79 Å². The van der Waals surface area contributed by atoms with Crippen molar-refractivity contribution in [1.29, 1.82) is 0 Å². The van der Waals surface area contributed by atoms with E-state index in [9.17, 15) is 4.79 Å². The average molecular weight is 301 g/mol. The molecule has 0 fully saturated rings. The number of carbonyl (C=O) groups excluding carboxylic acids is 1. The van der Waals surface area contributed by atoms with Gasteiger partial charge in [0.05, 0.1) is 6.33 Å². The second-order valence-corrected chi connectivity index (χ2v) is 5.73. The number of rotatable bonds is 5. The smallest absolute Gasteiger partial charge is 0.271 e. The lowest BCUT2D eigenvalue weighted by atomic mass is 10.3. The van der Waals surface area contributed by atoms with Crippen LogP contribution in [0.15, 0.2) is 43.2 Å². The minimum Gasteiger partial charge on any atom is -0.349 e. The number of aryl methyl sites for hydroxylation is 1. The molecule has 21 heavy (non-hydrogen) atoms. The zero-order valence-corrected chi connectivity index (χ0v) is 12.4. The van der Waals surface area contributed by atoms with Crippen molar-refractivity contribution in [2.75, 3.05) is 6.54 Å². The molecule has 0 aliphatic heterocycles. The molecule has 0 atom stereocenters. The molecule has 7 heteroatoms. The number of thiazole rings is 1. The van der Waals surface area contributed by atoms with Crippen LogP contribution in [0.25, 0.3) is 5.13 Å². The summed E-state index contributed by atoms with van der Waals surface area (Å²) in [5.41, 5.74) is 0.495. The van der Waals surface area contributed by atoms with E-state index in [1.165, 1.54) is 11.3 Å². The van der Waals surface area contributed by atoms with Crippen molar-refractivity contribution in [3.63, 3.8) is 0 Å². The van der Waals surface area contributed by atoms with Crippen LogP contribution >= 0.6 is 11.3 Å². The lowest BCUT2D eigenvalue weighted by molar-refractivity contribution is 0.0947. The first kappa shape index (κ1) is 13.6. The first-order valence-electron chi connectivity index (χ1n) is 6.59. The molecular weight excluding hydrogens is 286 g/mol. The molecule has 1 amide bonds. The van der Waals surface area contributed by atoms with E-state index in [0.29, 0.717) is 18.8 Å². The first-order valence-corrected chi connectivity index (χ1v) is 7.40. The number of imidazole rings is 1. The molecule has 0 unspecified atom stereocenters. The number of carbonyl (C=O) groups is 1. The van der Waals surface area contributed by atoms with Crippen molar-refractivity contribution in [2.45, 2.75) is 13.5 Å². The lowest BCUT2D eigenvalue weighted by Crippen LogP contribution is -2.27. The fourth-order valence-corrected chi connectivity index (χ4v) is 2.84. The molecule has 0 saturated heterocycles. The Morgan fingerprint density at radius 1 is 1.33 bits per heavy atom. The van der Waals surface area contributed by atoms with Crippen molar-refractivity contribution in [1.82, 2.24) is 24.4 Å². The highest BCUT2D eigenvalue weighted by molar-refractivity contribution is 7.14. The molecule has 0 spiro atoms. The minimum atomic E-state index is -0.137. The monoisotopic (exact) mass is 301 g/mol. The van der Waals surface area contributed by atoms with Gasteiger partial charge in [-0.2, -0.15) is 0 Å². The maximum atomic E-state index is 12.2. The van der Waals surface area contributed by atoms with Crippen molar-refractivity contribution in [3.8, 4) is 5.13 Å². The summed E-state index contributed by atoms with van der Waals surface area (Å²) in [6.45, 7) is 3.15. The van der Waals surface area contributed by atoms with Gasteiger partial charge < -0.3 is 14.5 Å². The number of hydrogen-bond acceptors (Lipinski definition) is 4. The molecular formula is C14H15N5OS. The van der Waals surface area contributed by atoms with Crippen LogP contribution in [-0.2, 0) is 6.54 Å². The van der Waals surface area contributed by atoms with Crippen LogP contribution in [0.1, 0.15) is 15.4 Å². The number of amides is 1. The molecule has 108 valence electrons. The summed E-state index contributed by atoms with van der Waals surface area (Å²) in [6.07, 6.45) is 9.14. The van der Waals surface area contributed by atoms with E-state index < -0.39 is 0 Å². The number of nitrogens with zero attached hydrogens (tertiary/aromatic N) is 4. The fraction of sp³-hybridized carbons (Fsp3) is 0.214. The Labute approximate surface area is 126 Å². The topological polar surface area (TPSA) is 64.7 Å². The molecule has 3 rings (SSSR count). The van der Waals surface area contributed by atoms with Gasteiger partial charge in [0.15, 0.2) is 5.13 Å². The number of hydrogen-bond donors (Lipinski definition) is 1. The van der Waals surface area contributed by atoms with E-state index in [1.54, 1.807) is 12.5 Å². The third-order valence-electron chi connectivity index (χ3n) is 3.04. The Bertz CT molecular complexity index is 715. The van der Waals surface area contributed by atoms with Crippen LogP contribution in [0.2, 0.25) is 0 Å². The zero-order valence-electron chi connectivity index (χ0n) is 11.6. The Morgan fingerprint density at radius 3 is 2.86 bits per heavy atom. The highest BCUT2D eigenvalue weighted by Gasteiger charge is 2.15. The van der Waals surface area contributed by atoms with E-state index in [-0.39, 0.29) is 5.91 Å². The third-order valence-corrected chi connectivity index (χ3v) is 4.02. The van der Waals surface area contributed by atoms with Crippen molar-refractivity contribution in [3.05, 3.63) is 53.8 Å². The van der Waals surface area contributed by atoms with Crippen molar-refractivity contribution in [2.24, 2.45) is 0 Å². The molecule has 3 heterocycles. The maximum Gasteiger partial charge on any atom is 0.271 e. The predicted molar refractivity (Wildman–Crippen MR) is 80.7 cm³/mol.